The van der Waals surface area contributed by atoms with Crippen molar-refractivity contribution in [2.75, 3.05) is 50.1 Å². The lowest BCUT2D eigenvalue weighted by molar-refractivity contribution is -0.111. The Morgan fingerprint density at radius 1 is 1.05 bits per heavy atom. The predicted octanol–water partition coefficient (Wildman–Crippen LogP) is 5.65. The summed E-state index contributed by atoms with van der Waals surface area (Å²) in [6, 6.07) is 18.3. The molecule has 0 saturated carbocycles. The number of anilines is 3. The number of rotatable bonds is 10. The van der Waals surface area contributed by atoms with Crippen LogP contribution in [0.25, 0.3) is 10.9 Å². The molecule has 9 nitrogen and oxygen atoms in total. The maximum atomic E-state index is 12.2. The summed E-state index contributed by atoms with van der Waals surface area (Å²) >= 11 is 5.94. The molecule has 1 aliphatic rings. The molecule has 2 N–H and O–H groups in total. The van der Waals surface area contributed by atoms with E-state index in [4.69, 9.17) is 25.8 Å². The van der Waals surface area contributed by atoms with Crippen molar-refractivity contribution in [2.45, 2.75) is 0 Å². The quantitative estimate of drug-likeness (QED) is 0.247. The van der Waals surface area contributed by atoms with Crippen molar-refractivity contribution in [2.24, 2.45) is 0 Å². The molecule has 1 amide bonds. The summed E-state index contributed by atoms with van der Waals surface area (Å²) in [5.41, 5.74) is 1.99. The number of nitrogens with zero attached hydrogens (tertiary/aromatic N) is 3. The van der Waals surface area contributed by atoms with E-state index in [0.29, 0.717) is 45.9 Å². The number of aromatic nitrogens is 2. The third-order valence-corrected chi connectivity index (χ3v) is 6.37. The van der Waals surface area contributed by atoms with E-state index in [1.807, 2.05) is 42.5 Å². The van der Waals surface area contributed by atoms with Gasteiger partial charge in [0.15, 0.2) is 0 Å². The molecule has 3 aromatic carbocycles. The number of benzene rings is 3. The number of carbonyl (C=O) groups is 1. The Balaban J connectivity index is 1.34. The van der Waals surface area contributed by atoms with Gasteiger partial charge in [0, 0.05) is 41.8 Å². The number of nitrogens with one attached hydrogen (secondary N) is 2. The van der Waals surface area contributed by atoms with Gasteiger partial charge < -0.3 is 24.8 Å². The number of hydrogen-bond acceptors (Lipinski definition) is 8. The van der Waals surface area contributed by atoms with E-state index >= 15 is 0 Å². The Kier molecular flexibility index (Phi) is 8.52. The van der Waals surface area contributed by atoms with Gasteiger partial charge in [0.05, 0.1) is 24.4 Å². The van der Waals surface area contributed by atoms with Crippen LogP contribution < -0.4 is 20.1 Å². The first kappa shape index (κ1) is 26.4. The summed E-state index contributed by atoms with van der Waals surface area (Å²) in [6.07, 6.45) is 2.71. The SMILES string of the molecule is C=CC(=O)Nc1cc2c(Nc3ccc(Oc4ccc(Cl)cc4)cc3)ncnc2cc1OCCN1CCOCC1. The second-order valence-corrected chi connectivity index (χ2v) is 9.23. The average Bonchev–Trinajstić information content (AvgIpc) is 2.96. The third-order valence-electron chi connectivity index (χ3n) is 6.12. The second kappa shape index (κ2) is 12.6. The molecule has 0 unspecified atom stereocenters. The second-order valence-electron chi connectivity index (χ2n) is 8.79. The zero-order valence-electron chi connectivity index (χ0n) is 21.2. The Morgan fingerprint density at radius 3 is 2.49 bits per heavy atom. The Labute approximate surface area is 231 Å². The summed E-state index contributed by atoms with van der Waals surface area (Å²) in [5, 5.41) is 7.54. The lowest BCUT2D eigenvalue weighted by atomic mass is 10.1. The molecule has 4 aromatic rings. The normalized spacial score (nSPS) is 13.6. The molecule has 5 rings (SSSR count). The van der Waals surface area contributed by atoms with Crippen molar-refractivity contribution in [1.82, 2.24) is 14.9 Å². The van der Waals surface area contributed by atoms with Crippen molar-refractivity contribution in [3.63, 3.8) is 0 Å². The molecule has 39 heavy (non-hydrogen) atoms. The third kappa shape index (κ3) is 7.02. The van der Waals surface area contributed by atoms with Gasteiger partial charge in [-0.15, -0.1) is 0 Å². The fraction of sp³-hybridized carbons (Fsp3) is 0.207. The van der Waals surface area contributed by atoms with Gasteiger partial charge >= 0.3 is 0 Å². The highest BCUT2D eigenvalue weighted by Gasteiger charge is 2.15. The molecule has 1 aliphatic heterocycles. The highest BCUT2D eigenvalue weighted by molar-refractivity contribution is 6.30. The van der Waals surface area contributed by atoms with E-state index < -0.39 is 0 Å². The lowest BCUT2D eigenvalue weighted by Gasteiger charge is -2.26. The number of halogens is 1. The smallest absolute Gasteiger partial charge is 0.247 e. The standard InChI is InChI=1S/C29H28ClN5O4/c1-2-28(36)34-26-17-24-25(18-27(26)38-16-13-35-11-14-37-15-12-35)31-19-32-29(24)33-21-5-9-23(10-6-21)39-22-7-3-20(30)4-8-22/h2-10,17-19H,1,11-16H2,(H,34,36)(H,31,32,33). The molecule has 0 radical (unpaired) electrons. The van der Waals surface area contributed by atoms with Gasteiger partial charge in [-0.05, 0) is 60.7 Å². The van der Waals surface area contributed by atoms with E-state index in [0.717, 1.165) is 43.9 Å². The van der Waals surface area contributed by atoms with E-state index in [1.165, 1.54) is 12.4 Å². The van der Waals surface area contributed by atoms with Gasteiger partial charge in [0.2, 0.25) is 5.91 Å². The molecule has 0 bridgehead atoms. The highest BCUT2D eigenvalue weighted by atomic mass is 35.5. The monoisotopic (exact) mass is 545 g/mol. The largest absolute Gasteiger partial charge is 0.490 e. The number of morpholine rings is 1. The van der Waals surface area contributed by atoms with Crippen LogP contribution in [-0.4, -0.2) is 60.2 Å². The van der Waals surface area contributed by atoms with Crippen LogP contribution in [0.1, 0.15) is 0 Å². The molecule has 200 valence electrons. The van der Waals surface area contributed by atoms with Crippen molar-refractivity contribution < 1.29 is 19.0 Å². The Hall–Kier alpha value is -4.18. The number of fused-ring (bicyclic) bond motifs is 1. The summed E-state index contributed by atoms with van der Waals surface area (Å²) < 4.78 is 17.4. The van der Waals surface area contributed by atoms with Crippen LogP contribution in [-0.2, 0) is 9.53 Å². The van der Waals surface area contributed by atoms with Crippen molar-refractivity contribution in [1.29, 1.82) is 0 Å². The fourth-order valence-corrected chi connectivity index (χ4v) is 4.20. The van der Waals surface area contributed by atoms with Crippen LogP contribution >= 0.6 is 11.6 Å². The van der Waals surface area contributed by atoms with Crippen LogP contribution in [0.3, 0.4) is 0 Å². The molecular weight excluding hydrogens is 518 g/mol. The van der Waals surface area contributed by atoms with Crippen LogP contribution in [0.5, 0.6) is 17.2 Å². The van der Waals surface area contributed by atoms with Crippen LogP contribution in [0.2, 0.25) is 5.02 Å². The molecule has 0 spiro atoms. The van der Waals surface area contributed by atoms with Crippen LogP contribution in [0, 0.1) is 0 Å². The van der Waals surface area contributed by atoms with Gasteiger partial charge in [-0.1, -0.05) is 18.2 Å². The van der Waals surface area contributed by atoms with Gasteiger partial charge in [0.25, 0.3) is 0 Å². The summed E-state index contributed by atoms with van der Waals surface area (Å²) in [5.74, 6) is 2.15. The minimum absolute atomic E-state index is 0.338. The van der Waals surface area contributed by atoms with Crippen LogP contribution in [0.15, 0.2) is 79.6 Å². The molecule has 1 saturated heterocycles. The molecular formula is C29H28ClN5O4. The number of carbonyl (C=O) groups excluding carboxylic acids is 1. The fourth-order valence-electron chi connectivity index (χ4n) is 4.08. The maximum absolute atomic E-state index is 12.2. The van der Waals surface area contributed by atoms with Crippen LogP contribution in [0.4, 0.5) is 17.2 Å². The highest BCUT2D eigenvalue weighted by Crippen LogP contribution is 2.34. The Morgan fingerprint density at radius 2 is 1.77 bits per heavy atom. The predicted molar refractivity (Wildman–Crippen MR) is 152 cm³/mol. The molecule has 2 heterocycles. The van der Waals surface area contributed by atoms with Gasteiger partial charge in [-0.3, -0.25) is 9.69 Å². The summed E-state index contributed by atoms with van der Waals surface area (Å²) in [6.45, 7) is 7.97. The van der Waals surface area contributed by atoms with Gasteiger partial charge in [-0.25, -0.2) is 9.97 Å². The molecule has 0 aliphatic carbocycles. The number of hydrogen-bond donors (Lipinski definition) is 2. The summed E-state index contributed by atoms with van der Waals surface area (Å²) in [7, 11) is 0. The Bertz CT molecular complexity index is 1440. The minimum Gasteiger partial charge on any atom is -0.490 e. The van der Waals surface area contributed by atoms with Crippen molar-refractivity contribution >= 4 is 45.6 Å². The van der Waals surface area contributed by atoms with E-state index in [1.54, 1.807) is 18.2 Å². The van der Waals surface area contributed by atoms with E-state index in [2.05, 4.69) is 32.1 Å². The zero-order chi connectivity index (χ0) is 27.0. The van der Waals surface area contributed by atoms with Gasteiger partial charge in [-0.2, -0.15) is 0 Å². The molecule has 1 aromatic heterocycles. The number of ether oxygens (including phenoxy) is 3. The first-order valence-electron chi connectivity index (χ1n) is 12.5. The van der Waals surface area contributed by atoms with Crippen molar-refractivity contribution in [3.05, 3.63) is 84.7 Å². The first-order valence-corrected chi connectivity index (χ1v) is 12.9. The zero-order valence-corrected chi connectivity index (χ0v) is 22.0. The maximum Gasteiger partial charge on any atom is 0.247 e. The minimum atomic E-state index is -0.338. The first-order chi connectivity index (χ1) is 19.1. The molecule has 1 fully saturated rings. The van der Waals surface area contributed by atoms with Crippen molar-refractivity contribution in [3.8, 4) is 17.2 Å². The lowest BCUT2D eigenvalue weighted by Crippen LogP contribution is -2.38. The van der Waals surface area contributed by atoms with Gasteiger partial charge in [0.1, 0.15) is 36.0 Å². The summed E-state index contributed by atoms with van der Waals surface area (Å²) in [4.78, 5) is 23.3. The van der Waals surface area contributed by atoms with E-state index in [9.17, 15) is 4.79 Å². The van der Waals surface area contributed by atoms with E-state index in [-0.39, 0.29) is 5.91 Å². The number of amides is 1. The molecule has 10 heteroatoms. The molecule has 0 atom stereocenters. The average molecular weight is 546 g/mol. The topological polar surface area (TPSA) is 97.8 Å².